The first-order valence-electron chi connectivity index (χ1n) is 15.2. The van der Waals surface area contributed by atoms with Crippen LogP contribution >= 0.6 is 0 Å². The quantitative estimate of drug-likeness (QED) is 0.179. The van der Waals surface area contributed by atoms with Crippen molar-refractivity contribution in [3.8, 4) is 11.5 Å². The lowest BCUT2D eigenvalue weighted by molar-refractivity contribution is -0.137. The van der Waals surface area contributed by atoms with Crippen LogP contribution in [-0.4, -0.2) is 65.8 Å². The molecular formula is C35H33F3N6O4. The van der Waals surface area contributed by atoms with Gasteiger partial charge in [0.1, 0.15) is 11.5 Å². The number of benzene rings is 3. The number of amides is 3. The van der Waals surface area contributed by atoms with Gasteiger partial charge in [0.25, 0.3) is 17.7 Å². The molecule has 13 heteroatoms. The van der Waals surface area contributed by atoms with Gasteiger partial charge in [-0.2, -0.15) is 13.2 Å². The minimum Gasteiger partial charge on any atom is -0.457 e. The number of H-pyrrole nitrogens is 1. The predicted molar refractivity (Wildman–Crippen MR) is 176 cm³/mol. The van der Waals surface area contributed by atoms with Crippen LogP contribution in [0.25, 0.3) is 11.6 Å². The summed E-state index contributed by atoms with van der Waals surface area (Å²) in [4.78, 5) is 44.3. The van der Waals surface area contributed by atoms with Crippen LogP contribution in [0.2, 0.25) is 0 Å². The molecule has 0 spiro atoms. The Labute approximate surface area is 274 Å². The summed E-state index contributed by atoms with van der Waals surface area (Å²) in [6.45, 7) is 6.86. The number of hydrogen-bond donors (Lipinski definition) is 4. The van der Waals surface area contributed by atoms with Crippen molar-refractivity contribution < 1.29 is 32.3 Å². The van der Waals surface area contributed by atoms with E-state index in [1.54, 1.807) is 42.5 Å². The molecule has 0 atom stereocenters. The highest BCUT2D eigenvalue weighted by Crippen LogP contribution is 2.38. The largest absolute Gasteiger partial charge is 0.457 e. The van der Waals surface area contributed by atoms with E-state index in [1.165, 1.54) is 18.2 Å². The molecule has 2 aliphatic rings. The number of alkyl halides is 3. The summed E-state index contributed by atoms with van der Waals surface area (Å²) in [5.41, 5.74) is 6.50. The number of aryl methyl sites for hydroxylation is 1. The molecule has 248 valence electrons. The number of carbonyl (C=O) groups is 3. The molecule has 3 heterocycles. The van der Waals surface area contributed by atoms with E-state index in [2.05, 4.69) is 25.9 Å². The Bertz CT molecular complexity index is 1940. The molecule has 1 fully saturated rings. The van der Waals surface area contributed by atoms with Gasteiger partial charge in [0.15, 0.2) is 0 Å². The van der Waals surface area contributed by atoms with Crippen molar-refractivity contribution in [1.29, 1.82) is 0 Å². The molecule has 6 rings (SSSR count). The maximum absolute atomic E-state index is 13.2. The van der Waals surface area contributed by atoms with Crippen molar-refractivity contribution in [3.05, 3.63) is 106 Å². The number of piperazine rings is 1. The Kier molecular flexibility index (Phi) is 8.82. The standard InChI is InChI=1S/C35H33F3N6O4/c1-20-29(39-21(2)31(20)34(47)42-44-14-12-43(3)13-15-44)19-28-27-11-10-26(18-30(27)41-33(28)46)48-25-9-5-8-24(17-25)40-32(45)22-6-4-7-23(16-22)35(36,37)38/h4-11,16-19,39H,12-15H2,1-3H3,(H,40,45)(H,41,46)(H,42,47)/b28-19-. The first-order chi connectivity index (χ1) is 22.9. The van der Waals surface area contributed by atoms with E-state index in [1.807, 2.05) is 25.9 Å². The molecule has 4 aromatic rings. The first kappa shape index (κ1) is 32.5. The Morgan fingerprint density at radius 1 is 0.917 bits per heavy atom. The second-order valence-corrected chi connectivity index (χ2v) is 11.8. The molecule has 3 aromatic carbocycles. The molecule has 1 saturated heterocycles. The lowest BCUT2D eigenvalue weighted by Gasteiger charge is -2.32. The normalized spacial score (nSPS) is 16.0. The molecule has 10 nitrogen and oxygen atoms in total. The number of hydrazine groups is 1. The lowest BCUT2D eigenvalue weighted by Crippen LogP contribution is -2.52. The molecule has 0 saturated carbocycles. The van der Waals surface area contributed by atoms with Crippen LogP contribution in [0.15, 0.2) is 66.7 Å². The van der Waals surface area contributed by atoms with Crippen LogP contribution in [0.1, 0.15) is 48.8 Å². The number of halogens is 3. The van der Waals surface area contributed by atoms with Crippen molar-refractivity contribution in [2.75, 3.05) is 43.9 Å². The zero-order valence-electron chi connectivity index (χ0n) is 26.4. The smallest absolute Gasteiger partial charge is 0.416 e. The van der Waals surface area contributed by atoms with Gasteiger partial charge in [-0.05, 0) is 75.0 Å². The summed E-state index contributed by atoms with van der Waals surface area (Å²) < 4.78 is 45.2. The lowest BCUT2D eigenvalue weighted by atomic mass is 10.0. The van der Waals surface area contributed by atoms with Gasteiger partial charge in [0, 0.05) is 66.5 Å². The van der Waals surface area contributed by atoms with Crippen LogP contribution in [-0.2, 0) is 11.0 Å². The zero-order chi connectivity index (χ0) is 34.2. The van der Waals surface area contributed by atoms with Gasteiger partial charge < -0.3 is 25.3 Å². The van der Waals surface area contributed by atoms with Crippen LogP contribution in [0.5, 0.6) is 11.5 Å². The number of aromatic nitrogens is 1. The van der Waals surface area contributed by atoms with Crippen LogP contribution < -0.4 is 20.8 Å². The molecule has 4 N–H and O–H groups in total. The van der Waals surface area contributed by atoms with E-state index in [9.17, 15) is 27.6 Å². The predicted octanol–water partition coefficient (Wildman–Crippen LogP) is 6.08. The van der Waals surface area contributed by atoms with Gasteiger partial charge in [-0.25, -0.2) is 5.01 Å². The summed E-state index contributed by atoms with van der Waals surface area (Å²) in [6.07, 6.45) is -2.84. The van der Waals surface area contributed by atoms with Crippen molar-refractivity contribution in [2.24, 2.45) is 0 Å². The summed E-state index contributed by atoms with van der Waals surface area (Å²) in [6, 6.07) is 15.7. The SMILES string of the molecule is Cc1[nH]c(/C=C2\C(=O)Nc3cc(Oc4cccc(NC(=O)c5cccc(C(F)(F)F)c5)c4)ccc32)c(C)c1C(=O)NN1CCN(C)CC1. The van der Waals surface area contributed by atoms with Gasteiger partial charge in [0.05, 0.1) is 22.4 Å². The fourth-order valence-electron chi connectivity index (χ4n) is 5.72. The third-order valence-corrected chi connectivity index (χ3v) is 8.31. The summed E-state index contributed by atoms with van der Waals surface area (Å²) in [5, 5.41) is 7.37. The number of fused-ring (bicyclic) bond motifs is 1. The molecule has 2 aliphatic heterocycles. The molecule has 0 aliphatic carbocycles. The fourth-order valence-corrected chi connectivity index (χ4v) is 5.72. The fraction of sp³-hybridized carbons (Fsp3) is 0.229. The van der Waals surface area contributed by atoms with Crippen LogP contribution in [0.4, 0.5) is 24.5 Å². The Morgan fingerprint density at radius 3 is 2.40 bits per heavy atom. The number of hydrogen-bond acceptors (Lipinski definition) is 6. The number of likely N-dealkylation sites (N-methyl/N-ethyl adjacent to an activating group) is 1. The van der Waals surface area contributed by atoms with E-state index in [4.69, 9.17) is 4.74 Å². The van der Waals surface area contributed by atoms with E-state index >= 15 is 0 Å². The molecule has 48 heavy (non-hydrogen) atoms. The van der Waals surface area contributed by atoms with E-state index < -0.39 is 17.6 Å². The van der Waals surface area contributed by atoms with Gasteiger partial charge >= 0.3 is 6.18 Å². The van der Waals surface area contributed by atoms with E-state index in [-0.39, 0.29) is 17.4 Å². The molecular weight excluding hydrogens is 625 g/mol. The maximum Gasteiger partial charge on any atom is 0.416 e. The maximum atomic E-state index is 13.2. The topological polar surface area (TPSA) is 119 Å². The number of carbonyl (C=O) groups excluding carboxylic acids is 3. The number of aromatic amines is 1. The zero-order valence-corrected chi connectivity index (χ0v) is 26.4. The van der Waals surface area contributed by atoms with Crippen LogP contribution in [0.3, 0.4) is 0 Å². The van der Waals surface area contributed by atoms with E-state index in [0.29, 0.717) is 51.0 Å². The highest BCUT2D eigenvalue weighted by atomic mass is 19.4. The third kappa shape index (κ3) is 6.97. The van der Waals surface area contributed by atoms with Crippen molar-refractivity contribution >= 4 is 40.7 Å². The molecule has 1 aromatic heterocycles. The monoisotopic (exact) mass is 658 g/mol. The van der Waals surface area contributed by atoms with Crippen molar-refractivity contribution in [3.63, 3.8) is 0 Å². The molecule has 3 amide bonds. The number of ether oxygens (including phenoxy) is 1. The second-order valence-electron chi connectivity index (χ2n) is 11.8. The minimum absolute atomic E-state index is 0.135. The van der Waals surface area contributed by atoms with Gasteiger partial charge in [-0.1, -0.05) is 12.1 Å². The minimum atomic E-state index is -4.57. The number of anilines is 2. The Balaban J connectivity index is 1.15. The summed E-state index contributed by atoms with van der Waals surface area (Å²) >= 11 is 0. The van der Waals surface area contributed by atoms with Crippen molar-refractivity contribution in [2.45, 2.75) is 20.0 Å². The van der Waals surface area contributed by atoms with Gasteiger partial charge in [0.2, 0.25) is 0 Å². The van der Waals surface area contributed by atoms with Gasteiger partial charge in [-0.15, -0.1) is 0 Å². The first-order valence-corrected chi connectivity index (χ1v) is 15.2. The summed E-state index contributed by atoms with van der Waals surface area (Å²) in [5.74, 6) is -0.444. The molecule has 0 bridgehead atoms. The molecule has 0 radical (unpaired) electrons. The number of nitrogens with one attached hydrogen (secondary N) is 4. The second kappa shape index (κ2) is 13.0. The van der Waals surface area contributed by atoms with Crippen LogP contribution in [0, 0.1) is 13.8 Å². The number of rotatable bonds is 7. The summed E-state index contributed by atoms with van der Waals surface area (Å²) in [7, 11) is 2.05. The Hall–Kier alpha value is -5.40. The highest BCUT2D eigenvalue weighted by molar-refractivity contribution is 6.35. The highest BCUT2D eigenvalue weighted by Gasteiger charge is 2.31. The average Bonchev–Trinajstić information content (AvgIpc) is 3.50. The third-order valence-electron chi connectivity index (χ3n) is 8.31. The Morgan fingerprint density at radius 2 is 1.65 bits per heavy atom. The van der Waals surface area contributed by atoms with E-state index in [0.717, 1.165) is 43.9 Å². The van der Waals surface area contributed by atoms with Gasteiger partial charge in [-0.3, -0.25) is 19.8 Å². The molecule has 0 unspecified atom stereocenters. The number of nitrogens with zero attached hydrogens (tertiary/aromatic N) is 2. The van der Waals surface area contributed by atoms with Crippen molar-refractivity contribution in [1.82, 2.24) is 20.3 Å². The average molecular weight is 659 g/mol.